The van der Waals surface area contributed by atoms with E-state index in [2.05, 4.69) is 50.0 Å². The summed E-state index contributed by atoms with van der Waals surface area (Å²) < 4.78 is 1.90. The van der Waals surface area contributed by atoms with Gasteiger partial charge in [-0.25, -0.2) is 14.8 Å². The maximum atomic E-state index is 12.3. The van der Waals surface area contributed by atoms with Gasteiger partial charge in [0.25, 0.3) is 0 Å². The molecular weight excluding hydrogens is 438 g/mol. The lowest BCUT2D eigenvalue weighted by Crippen LogP contribution is -2.28. The van der Waals surface area contributed by atoms with E-state index in [0.29, 0.717) is 24.0 Å². The molecule has 0 aliphatic carbocycles. The quantitative estimate of drug-likeness (QED) is 0.304. The number of imidazole rings is 1. The number of hydrogen-bond acceptors (Lipinski definition) is 5. The molecule has 1 atom stereocenters. The zero-order valence-electron chi connectivity index (χ0n) is 19.2. The Balaban J connectivity index is 1.28. The van der Waals surface area contributed by atoms with Crippen LogP contribution in [-0.4, -0.2) is 25.6 Å². The Morgan fingerprint density at radius 3 is 2.51 bits per heavy atom. The van der Waals surface area contributed by atoms with E-state index in [-0.39, 0.29) is 12.1 Å². The van der Waals surface area contributed by atoms with E-state index in [1.165, 1.54) is 0 Å². The highest BCUT2D eigenvalue weighted by atomic mass is 16.2. The van der Waals surface area contributed by atoms with Crippen molar-refractivity contribution in [2.75, 3.05) is 10.6 Å². The Hall–Kier alpha value is -4.72. The van der Waals surface area contributed by atoms with Crippen LogP contribution < -0.4 is 16.0 Å². The van der Waals surface area contributed by atoms with Gasteiger partial charge in [-0.1, -0.05) is 60.7 Å². The normalized spacial score (nSPS) is 11.7. The molecule has 5 aromatic rings. The number of hydrogen-bond donors (Lipinski definition) is 3. The molecule has 8 nitrogen and oxygen atoms in total. The maximum Gasteiger partial charge on any atom is 0.319 e. The first kappa shape index (κ1) is 22.1. The molecular formula is C27H25N7O. The standard InChI is InChI=1S/C27H25N7O/c1-19(21-10-6-3-7-11-21)31-26-28-15-14-25(33-26)34-18-30-23-16-22(12-13-24(23)34)32-27(35)29-17-20-8-4-2-5-9-20/h2-16,18-19H,17H2,1H3,(H,28,31,33)(H2,29,32,35). The third-order valence-corrected chi connectivity index (χ3v) is 5.63. The van der Waals surface area contributed by atoms with E-state index in [1.54, 1.807) is 12.5 Å². The van der Waals surface area contributed by atoms with E-state index in [4.69, 9.17) is 0 Å². The van der Waals surface area contributed by atoms with E-state index in [0.717, 1.165) is 22.2 Å². The molecule has 0 bridgehead atoms. The summed E-state index contributed by atoms with van der Waals surface area (Å²) in [5.74, 6) is 1.24. The number of nitrogens with one attached hydrogen (secondary N) is 3. The predicted octanol–water partition coefficient (Wildman–Crippen LogP) is 5.31. The van der Waals surface area contributed by atoms with Crippen LogP contribution in [0.1, 0.15) is 24.1 Å². The lowest BCUT2D eigenvalue weighted by atomic mass is 10.1. The van der Waals surface area contributed by atoms with Crippen molar-refractivity contribution in [2.24, 2.45) is 0 Å². The van der Waals surface area contributed by atoms with E-state index in [9.17, 15) is 4.79 Å². The molecule has 0 aliphatic heterocycles. The molecule has 8 heteroatoms. The fourth-order valence-electron chi connectivity index (χ4n) is 3.80. The Morgan fingerprint density at radius 1 is 0.943 bits per heavy atom. The van der Waals surface area contributed by atoms with Crippen molar-refractivity contribution in [1.82, 2.24) is 24.8 Å². The van der Waals surface area contributed by atoms with Gasteiger partial charge < -0.3 is 16.0 Å². The topological polar surface area (TPSA) is 96.8 Å². The van der Waals surface area contributed by atoms with Crippen molar-refractivity contribution < 1.29 is 4.79 Å². The number of carbonyl (C=O) groups excluding carboxylic acids is 1. The second-order valence-corrected chi connectivity index (χ2v) is 8.13. The van der Waals surface area contributed by atoms with Gasteiger partial charge in [0.1, 0.15) is 12.1 Å². The summed E-state index contributed by atoms with van der Waals surface area (Å²) in [5, 5.41) is 9.08. The van der Waals surface area contributed by atoms with Crippen LogP contribution in [-0.2, 0) is 6.54 Å². The number of nitrogens with zero attached hydrogens (tertiary/aromatic N) is 4. The molecule has 35 heavy (non-hydrogen) atoms. The highest BCUT2D eigenvalue weighted by molar-refractivity contribution is 5.92. The average molecular weight is 464 g/mol. The van der Waals surface area contributed by atoms with Crippen LogP contribution in [0.25, 0.3) is 16.9 Å². The van der Waals surface area contributed by atoms with Crippen LogP contribution in [0.5, 0.6) is 0 Å². The number of carbonyl (C=O) groups is 1. The minimum absolute atomic E-state index is 0.0626. The Kier molecular flexibility index (Phi) is 6.34. The zero-order valence-corrected chi connectivity index (χ0v) is 19.2. The summed E-state index contributed by atoms with van der Waals surface area (Å²) in [4.78, 5) is 25.9. The first-order valence-corrected chi connectivity index (χ1v) is 11.4. The van der Waals surface area contributed by atoms with Gasteiger partial charge in [0.2, 0.25) is 5.95 Å². The van der Waals surface area contributed by atoms with Gasteiger partial charge in [-0.15, -0.1) is 0 Å². The molecule has 2 amide bonds. The summed E-state index contributed by atoms with van der Waals surface area (Å²) in [6, 6.07) is 27.2. The molecule has 0 spiro atoms. The first-order valence-electron chi connectivity index (χ1n) is 11.4. The Labute approximate surface area is 203 Å². The molecule has 3 aromatic carbocycles. The van der Waals surface area contributed by atoms with Crippen molar-refractivity contribution in [3.8, 4) is 5.82 Å². The molecule has 174 valence electrons. The summed E-state index contributed by atoms with van der Waals surface area (Å²) in [6.45, 7) is 2.53. The highest BCUT2D eigenvalue weighted by Crippen LogP contribution is 2.22. The lowest BCUT2D eigenvalue weighted by molar-refractivity contribution is 0.251. The maximum absolute atomic E-state index is 12.3. The van der Waals surface area contributed by atoms with Crippen molar-refractivity contribution in [2.45, 2.75) is 19.5 Å². The third kappa shape index (κ3) is 5.27. The Bertz CT molecular complexity index is 1430. The number of benzene rings is 3. The molecule has 0 saturated heterocycles. The average Bonchev–Trinajstić information content (AvgIpc) is 3.32. The molecule has 0 saturated carbocycles. The van der Waals surface area contributed by atoms with Crippen molar-refractivity contribution in [3.63, 3.8) is 0 Å². The van der Waals surface area contributed by atoms with Crippen molar-refractivity contribution in [3.05, 3.63) is 109 Å². The molecule has 0 fully saturated rings. The molecule has 2 aromatic heterocycles. The van der Waals surface area contributed by atoms with Gasteiger partial charge in [-0.2, -0.15) is 4.98 Å². The number of fused-ring (bicyclic) bond motifs is 1. The predicted molar refractivity (Wildman–Crippen MR) is 137 cm³/mol. The van der Waals surface area contributed by atoms with Gasteiger partial charge in [0.15, 0.2) is 0 Å². The number of amides is 2. The number of anilines is 2. The zero-order chi connectivity index (χ0) is 24.0. The lowest BCUT2D eigenvalue weighted by Gasteiger charge is -2.14. The minimum atomic E-state index is -0.272. The SMILES string of the molecule is CC(Nc1nccc(-n2cnc3cc(NC(=O)NCc4ccccc4)ccc32)n1)c1ccccc1. The summed E-state index contributed by atoms with van der Waals surface area (Å²) in [5.41, 5.74) is 4.48. The summed E-state index contributed by atoms with van der Waals surface area (Å²) >= 11 is 0. The van der Waals surface area contributed by atoms with E-state index < -0.39 is 0 Å². The van der Waals surface area contributed by atoms with Gasteiger partial charge in [0.05, 0.1) is 17.1 Å². The molecule has 5 rings (SSSR count). The van der Waals surface area contributed by atoms with Gasteiger partial charge in [-0.3, -0.25) is 4.57 Å². The van der Waals surface area contributed by atoms with Crippen LogP contribution in [0.4, 0.5) is 16.4 Å². The fourth-order valence-corrected chi connectivity index (χ4v) is 3.80. The summed E-state index contributed by atoms with van der Waals surface area (Å²) in [7, 11) is 0. The third-order valence-electron chi connectivity index (χ3n) is 5.63. The smallest absolute Gasteiger partial charge is 0.319 e. The molecule has 0 aliphatic rings. The fraction of sp³-hybridized carbons (Fsp3) is 0.111. The largest absolute Gasteiger partial charge is 0.348 e. The summed E-state index contributed by atoms with van der Waals surface area (Å²) in [6.07, 6.45) is 3.44. The van der Waals surface area contributed by atoms with Crippen LogP contribution in [0, 0.1) is 0 Å². The van der Waals surface area contributed by atoms with Crippen molar-refractivity contribution in [1.29, 1.82) is 0 Å². The second-order valence-electron chi connectivity index (χ2n) is 8.13. The molecule has 1 unspecified atom stereocenters. The molecule has 3 N–H and O–H groups in total. The molecule has 2 heterocycles. The number of rotatable bonds is 7. The highest BCUT2D eigenvalue weighted by Gasteiger charge is 2.11. The van der Waals surface area contributed by atoms with Crippen LogP contribution in [0.15, 0.2) is 97.5 Å². The van der Waals surface area contributed by atoms with Gasteiger partial charge >= 0.3 is 6.03 Å². The monoisotopic (exact) mass is 463 g/mol. The van der Waals surface area contributed by atoms with Crippen LogP contribution in [0.2, 0.25) is 0 Å². The first-order chi connectivity index (χ1) is 17.2. The minimum Gasteiger partial charge on any atom is -0.348 e. The van der Waals surface area contributed by atoms with Gasteiger partial charge in [-0.05, 0) is 42.3 Å². The van der Waals surface area contributed by atoms with E-state index >= 15 is 0 Å². The van der Waals surface area contributed by atoms with Gasteiger partial charge in [0, 0.05) is 18.4 Å². The number of aromatic nitrogens is 4. The second kappa shape index (κ2) is 10.0. The van der Waals surface area contributed by atoms with Crippen LogP contribution in [0.3, 0.4) is 0 Å². The van der Waals surface area contributed by atoms with E-state index in [1.807, 2.05) is 77.4 Å². The Morgan fingerprint density at radius 2 is 1.71 bits per heavy atom. The van der Waals surface area contributed by atoms with Crippen LogP contribution >= 0.6 is 0 Å². The molecule has 0 radical (unpaired) electrons. The number of urea groups is 1. The van der Waals surface area contributed by atoms with Crippen molar-refractivity contribution >= 4 is 28.7 Å².